The Bertz CT molecular complexity index is 350. The molecule has 0 aliphatic heterocycles. The van der Waals surface area contributed by atoms with Crippen molar-refractivity contribution in [2.45, 2.75) is 32.8 Å². The number of hydrogen-bond acceptors (Lipinski definition) is 3. The molecule has 1 aromatic carbocycles. The summed E-state index contributed by atoms with van der Waals surface area (Å²) in [5.74, 6) is 0.0633. The topological polar surface area (TPSA) is 58.6 Å². The molecule has 0 unspecified atom stereocenters. The number of phenols is 1. The molecule has 4 heteroatoms. The van der Waals surface area contributed by atoms with Crippen LogP contribution in [0, 0.1) is 0 Å². The van der Waals surface area contributed by atoms with Crippen molar-refractivity contribution in [3.8, 4) is 5.75 Å². The number of amides is 1. The summed E-state index contributed by atoms with van der Waals surface area (Å²) in [4.78, 5) is 16.3. The molecule has 0 heterocycles. The third-order valence-corrected chi connectivity index (χ3v) is 1.96. The number of benzene rings is 1. The van der Waals surface area contributed by atoms with E-state index in [4.69, 9.17) is 4.84 Å². The van der Waals surface area contributed by atoms with E-state index < -0.39 is 0 Å². The maximum Gasteiger partial charge on any atom is 0.243 e. The van der Waals surface area contributed by atoms with E-state index in [0.29, 0.717) is 12.8 Å². The molecule has 0 saturated heterocycles. The summed E-state index contributed by atoms with van der Waals surface area (Å²) in [5, 5.41) is 9.23. The van der Waals surface area contributed by atoms with Gasteiger partial charge in [0.25, 0.3) is 0 Å². The van der Waals surface area contributed by atoms with Crippen molar-refractivity contribution in [3.63, 3.8) is 0 Å². The number of nitrogens with one attached hydrogen (secondary N) is 1. The molecule has 4 nitrogen and oxygen atoms in total. The van der Waals surface area contributed by atoms with Crippen LogP contribution in [-0.4, -0.2) is 17.1 Å². The second-order valence-electron chi connectivity index (χ2n) is 3.86. The second-order valence-corrected chi connectivity index (χ2v) is 3.86. The van der Waals surface area contributed by atoms with Crippen molar-refractivity contribution in [2.75, 3.05) is 0 Å². The molecule has 88 valence electrons. The lowest BCUT2D eigenvalue weighted by atomic mass is 10.1. The van der Waals surface area contributed by atoms with Gasteiger partial charge in [0.05, 0.1) is 6.10 Å². The standard InChI is InChI=1S/C12H17NO3/c1-9(2)16-13-12(15)7-6-10-4-3-5-11(14)8-10/h3-5,8-9,14H,6-7H2,1-2H3,(H,13,15). The number of aromatic hydroxyl groups is 1. The van der Waals surface area contributed by atoms with E-state index in [1.54, 1.807) is 18.2 Å². The number of carbonyl (C=O) groups excluding carboxylic acids is 1. The van der Waals surface area contributed by atoms with E-state index in [9.17, 15) is 9.90 Å². The highest BCUT2D eigenvalue weighted by molar-refractivity contribution is 5.75. The van der Waals surface area contributed by atoms with Gasteiger partial charge < -0.3 is 5.11 Å². The Balaban J connectivity index is 2.31. The first-order chi connectivity index (χ1) is 7.58. The smallest absolute Gasteiger partial charge is 0.243 e. The summed E-state index contributed by atoms with van der Waals surface area (Å²) in [7, 11) is 0. The van der Waals surface area contributed by atoms with Gasteiger partial charge in [-0.15, -0.1) is 0 Å². The molecule has 0 aliphatic rings. The van der Waals surface area contributed by atoms with Crippen LogP contribution < -0.4 is 5.48 Å². The van der Waals surface area contributed by atoms with Gasteiger partial charge in [-0.2, -0.15) is 0 Å². The van der Waals surface area contributed by atoms with E-state index in [-0.39, 0.29) is 17.8 Å². The summed E-state index contributed by atoms with van der Waals surface area (Å²) in [5.41, 5.74) is 3.30. The van der Waals surface area contributed by atoms with Gasteiger partial charge in [0.1, 0.15) is 5.75 Å². The van der Waals surface area contributed by atoms with Crippen LogP contribution in [0.5, 0.6) is 5.75 Å². The monoisotopic (exact) mass is 223 g/mol. The first kappa shape index (κ1) is 12.5. The minimum absolute atomic E-state index is 0.0234. The molecule has 0 atom stereocenters. The summed E-state index contributed by atoms with van der Waals surface area (Å²) < 4.78 is 0. The van der Waals surface area contributed by atoms with Crippen LogP contribution in [-0.2, 0) is 16.1 Å². The van der Waals surface area contributed by atoms with Crippen molar-refractivity contribution < 1.29 is 14.7 Å². The summed E-state index contributed by atoms with van der Waals surface area (Å²) >= 11 is 0. The van der Waals surface area contributed by atoms with Crippen LogP contribution in [0.4, 0.5) is 0 Å². The lowest BCUT2D eigenvalue weighted by Crippen LogP contribution is -2.27. The molecule has 16 heavy (non-hydrogen) atoms. The van der Waals surface area contributed by atoms with Gasteiger partial charge in [0, 0.05) is 6.42 Å². The number of phenolic OH excluding ortho intramolecular Hbond substituents is 1. The quantitative estimate of drug-likeness (QED) is 0.748. The highest BCUT2D eigenvalue weighted by Gasteiger charge is 2.03. The van der Waals surface area contributed by atoms with E-state index in [1.165, 1.54) is 0 Å². The fraction of sp³-hybridized carbons (Fsp3) is 0.417. The Morgan fingerprint density at radius 3 is 2.88 bits per heavy atom. The molecule has 0 spiro atoms. The molecule has 1 aromatic rings. The van der Waals surface area contributed by atoms with E-state index in [0.717, 1.165) is 5.56 Å². The maximum absolute atomic E-state index is 11.3. The number of carbonyl (C=O) groups is 1. The molecule has 2 N–H and O–H groups in total. The van der Waals surface area contributed by atoms with Gasteiger partial charge in [-0.05, 0) is 38.0 Å². The van der Waals surface area contributed by atoms with Crippen LogP contribution in [0.1, 0.15) is 25.8 Å². The highest BCUT2D eigenvalue weighted by Crippen LogP contribution is 2.12. The zero-order valence-electron chi connectivity index (χ0n) is 9.56. The van der Waals surface area contributed by atoms with Gasteiger partial charge in [0.2, 0.25) is 5.91 Å². The summed E-state index contributed by atoms with van der Waals surface area (Å²) in [6.45, 7) is 3.69. The molecule has 0 radical (unpaired) electrons. The molecule has 0 saturated carbocycles. The molecular formula is C12H17NO3. The third-order valence-electron chi connectivity index (χ3n) is 1.96. The third kappa shape index (κ3) is 4.79. The Morgan fingerprint density at radius 1 is 1.50 bits per heavy atom. The van der Waals surface area contributed by atoms with Crippen molar-refractivity contribution in [1.29, 1.82) is 0 Å². The Kier molecular flexibility index (Phi) is 4.79. The van der Waals surface area contributed by atoms with Crippen molar-refractivity contribution in [2.24, 2.45) is 0 Å². The molecule has 0 fully saturated rings. The van der Waals surface area contributed by atoms with Gasteiger partial charge in [-0.1, -0.05) is 12.1 Å². The SMILES string of the molecule is CC(C)ONC(=O)CCc1cccc(O)c1. The number of hydroxylamine groups is 1. The predicted molar refractivity (Wildman–Crippen MR) is 60.8 cm³/mol. The van der Waals surface area contributed by atoms with Crippen molar-refractivity contribution >= 4 is 5.91 Å². The van der Waals surface area contributed by atoms with Crippen LogP contribution in [0.15, 0.2) is 24.3 Å². The summed E-state index contributed by atoms with van der Waals surface area (Å²) in [6.07, 6.45) is 0.905. The Labute approximate surface area is 95.2 Å². The van der Waals surface area contributed by atoms with Crippen LogP contribution in [0.3, 0.4) is 0 Å². The van der Waals surface area contributed by atoms with Gasteiger partial charge >= 0.3 is 0 Å². The van der Waals surface area contributed by atoms with Gasteiger partial charge in [-0.3, -0.25) is 9.63 Å². The predicted octanol–water partition coefficient (Wildman–Crippen LogP) is 1.78. The Hall–Kier alpha value is -1.55. The van der Waals surface area contributed by atoms with E-state index >= 15 is 0 Å². The second kappa shape index (κ2) is 6.12. The molecule has 1 rings (SSSR count). The zero-order chi connectivity index (χ0) is 12.0. The lowest BCUT2D eigenvalue weighted by molar-refractivity contribution is -0.136. The molecule has 0 aromatic heterocycles. The maximum atomic E-state index is 11.3. The van der Waals surface area contributed by atoms with E-state index in [2.05, 4.69) is 5.48 Å². The molecular weight excluding hydrogens is 206 g/mol. The van der Waals surface area contributed by atoms with Crippen LogP contribution in [0.2, 0.25) is 0 Å². The minimum Gasteiger partial charge on any atom is -0.508 e. The molecule has 0 bridgehead atoms. The minimum atomic E-state index is -0.156. The number of aryl methyl sites for hydroxylation is 1. The normalized spacial score (nSPS) is 10.4. The first-order valence-corrected chi connectivity index (χ1v) is 5.30. The average Bonchev–Trinajstić information content (AvgIpc) is 2.23. The average molecular weight is 223 g/mol. The van der Waals surface area contributed by atoms with Crippen LogP contribution in [0.25, 0.3) is 0 Å². The highest BCUT2D eigenvalue weighted by atomic mass is 16.7. The fourth-order valence-corrected chi connectivity index (χ4v) is 1.20. The number of hydrogen-bond donors (Lipinski definition) is 2. The summed E-state index contributed by atoms with van der Waals surface area (Å²) in [6, 6.07) is 6.88. The van der Waals surface area contributed by atoms with E-state index in [1.807, 2.05) is 19.9 Å². The van der Waals surface area contributed by atoms with Gasteiger partial charge in [0.15, 0.2) is 0 Å². The first-order valence-electron chi connectivity index (χ1n) is 5.30. The molecule has 1 amide bonds. The number of rotatable bonds is 5. The van der Waals surface area contributed by atoms with Crippen molar-refractivity contribution in [3.05, 3.63) is 29.8 Å². The van der Waals surface area contributed by atoms with Crippen LogP contribution >= 0.6 is 0 Å². The lowest BCUT2D eigenvalue weighted by Gasteiger charge is -2.08. The van der Waals surface area contributed by atoms with Gasteiger partial charge in [-0.25, -0.2) is 5.48 Å². The molecule has 0 aliphatic carbocycles. The zero-order valence-corrected chi connectivity index (χ0v) is 9.56. The fourth-order valence-electron chi connectivity index (χ4n) is 1.20. The van der Waals surface area contributed by atoms with Crippen molar-refractivity contribution in [1.82, 2.24) is 5.48 Å². The largest absolute Gasteiger partial charge is 0.508 e. The Morgan fingerprint density at radius 2 is 2.25 bits per heavy atom.